The van der Waals surface area contributed by atoms with Gasteiger partial charge in [-0.15, -0.1) is 0 Å². The quantitative estimate of drug-likeness (QED) is 0.559. The fraction of sp³-hybridized carbons (Fsp3) is 1.00. The lowest BCUT2D eigenvalue weighted by atomic mass is 10.4. The smallest absolute Gasteiger partial charge is 0.0620 e. The van der Waals surface area contributed by atoms with E-state index in [1.807, 2.05) is 0 Å². The lowest BCUT2D eigenvalue weighted by Crippen LogP contribution is -2.20. The van der Waals surface area contributed by atoms with Gasteiger partial charge in [-0.3, -0.25) is 3.53 Å². The van der Waals surface area contributed by atoms with Gasteiger partial charge in [0.05, 0.1) is 6.61 Å². The molecule has 0 fully saturated rings. The van der Waals surface area contributed by atoms with E-state index in [9.17, 15) is 0 Å². The summed E-state index contributed by atoms with van der Waals surface area (Å²) < 4.78 is 7.84. The third-order valence-corrected chi connectivity index (χ3v) is 1.67. The number of hydrogen-bond acceptors (Lipinski definition) is 2. The summed E-state index contributed by atoms with van der Waals surface area (Å²) in [7, 11) is 1.70. The minimum Gasteiger partial charge on any atom is -0.383 e. The third kappa shape index (κ3) is 4.50. The molecule has 0 rings (SSSR count). The van der Waals surface area contributed by atoms with E-state index in [2.05, 4.69) is 33.3 Å². The van der Waals surface area contributed by atoms with E-state index >= 15 is 0 Å². The number of methoxy groups -OCH3 is 1. The molecule has 7 heavy (non-hydrogen) atoms. The summed E-state index contributed by atoms with van der Waals surface area (Å²) in [5.74, 6) is 0. The zero-order chi connectivity index (χ0) is 5.70. The van der Waals surface area contributed by atoms with Gasteiger partial charge in [-0.1, -0.05) is 0 Å². The number of ether oxygens (including phenoxy) is 1. The lowest BCUT2D eigenvalue weighted by Gasteiger charge is -2.04. The largest absolute Gasteiger partial charge is 0.383 e. The molecule has 0 spiro atoms. The molecule has 0 aromatic heterocycles. The lowest BCUT2D eigenvalue weighted by molar-refractivity contribution is 0.182. The summed E-state index contributed by atoms with van der Waals surface area (Å²) in [6, 6.07) is 0.464. The zero-order valence-corrected chi connectivity index (χ0v) is 6.73. The maximum atomic E-state index is 4.83. The molecule has 1 unspecified atom stereocenters. The van der Waals surface area contributed by atoms with Crippen molar-refractivity contribution in [3.05, 3.63) is 0 Å². The Kier molecular flexibility index (Phi) is 5.25. The van der Waals surface area contributed by atoms with Crippen molar-refractivity contribution in [2.45, 2.75) is 13.0 Å². The van der Waals surface area contributed by atoms with Crippen LogP contribution in [-0.2, 0) is 4.74 Å². The van der Waals surface area contributed by atoms with Crippen molar-refractivity contribution in [2.75, 3.05) is 13.7 Å². The monoisotopic (exact) mass is 215 g/mol. The Morgan fingerprint density at radius 1 is 1.86 bits per heavy atom. The molecule has 0 amide bonds. The SMILES string of the molecule is COCC(C)NI. The van der Waals surface area contributed by atoms with Crippen LogP contribution in [0.15, 0.2) is 0 Å². The fourth-order valence-electron chi connectivity index (χ4n) is 0.281. The molecule has 0 bridgehead atoms. The molecule has 1 atom stereocenters. The van der Waals surface area contributed by atoms with Crippen molar-refractivity contribution >= 4 is 22.9 Å². The third-order valence-electron chi connectivity index (χ3n) is 0.603. The highest BCUT2D eigenvalue weighted by atomic mass is 127. The van der Waals surface area contributed by atoms with E-state index < -0.39 is 0 Å². The summed E-state index contributed by atoms with van der Waals surface area (Å²) in [6.45, 7) is 2.85. The van der Waals surface area contributed by atoms with Crippen molar-refractivity contribution in [2.24, 2.45) is 0 Å². The van der Waals surface area contributed by atoms with Gasteiger partial charge in [0.2, 0.25) is 0 Å². The van der Waals surface area contributed by atoms with Gasteiger partial charge in [-0.2, -0.15) is 0 Å². The molecule has 0 aliphatic carbocycles. The van der Waals surface area contributed by atoms with Crippen LogP contribution in [0.2, 0.25) is 0 Å². The van der Waals surface area contributed by atoms with Gasteiger partial charge in [0.1, 0.15) is 0 Å². The van der Waals surface area contributed by atoms with Crippen LogP contribution in [0.4, 0.5) is 0 Å². The molecule has 0 radical (unpaired) electrons. The highest BCUT2D eigenvalue weighted by Gasteiger charge is 1.92. The van der Waals surface area contributed by atoms with Gasteiger partial charge < -0.3 is 4.74 Å². The van der Waals surface area contributed by atoms with Gasteiger partial charge in [0, 0.05) is 36.0 Å². The molecule has 0 saturated heterocycles. The first-order chi connectivity index (χ1) is 3.31. The molecular weight excluding hydrogens is 205 g/mol. The maximum Gasteiger partial charge on any atom is 0.0620 e. The standard InChI is InChI=1S/C4H10INO/c1-4(6-5)3-7-2/h4,6H,3H2,1-2H3. The average Bonchev–Trinajstić information content (AvgIpc) is 1.68. The van der Waals surface area contributed by atoms with Crippen LogP contribution in [0.5, 0.6) is 0 Å². The predicted octanol–water partition coefficient (Wildman–Crippen LogP) is 0.961. The Hall–Kier alpha value is 0.650. The van der Waals surface area contributed by atoms with Crippen LogP contribution in [0.1, 0.15) is 6.92 Å². The molecule has 0 aliphatic rings. The molecule has 0 heterocycles. The first-order valence-corrected chi connectivity index (χ1v) is 3.24. The van der Waals surface area contributed by atoms with E-state index in [1.165, 1.54) is 0 Å². The Bertz CT molecular complexity index is 42.7. The normalized spacial score (nSPS) is 14.1. The molecule has 0 aliphatic heterocycles. The van der Waals surface area contributed by atoms with E-state index in [1.54, 1.807) is 7.11 Å². The molecule has 3 heteroatoms. The minimum atomic E-state index is 0.464. The van der Waals surface area contributed by atoms with Gasteiger partial charge in [0.15, 0.2) is 0 Å². The second kappa shape index (κ2) is 4.80. The summed E-state index contributed by atoms with van der Waals surface area (Å²) in [5, 5.41) is 0. The van der Waals surface area contributed by atoms with Gasteiger partial charge in [-0.25, -0.2) is 0 Å². The Labute approximate surface area is 58.1 Å². The number of halogens is 1. The number of rotatable bonds is 3. The van der Waals surface area contributed by atoms with E-state index in [-0.39, 0.29) is 0 Å². The van der Waals surface area contributed by atoms with Crippen LogP contribution in [0.25, 0.3) is 0 Å². The minimum absolute atomic E-state index is 0.464. The van der Waals surface area contributed by atoms with Crippen molar-refractivity contribution < 1.29 is 4.74 Å². The van der Waals surface area contributed by atoms with Crippen LogP contribution in [-0.4, -0.2) is 19.8 Å². The van der Waals surface area contributed by atoms with Crippen LogP contribution < -0.4 is 3.53 Å². The summed E-state index contributed by atoms with van der Waals surface area (Å²) in [6.07, 6.45) is 0. The zero-order valence-electron chi connectivity index (χ0n) is 4.57. The van der Waals surface area contributed by atoms with Crippen LogP contribution >= 0.6 is 22.9 Å². The molecular formula is C4H10INO. The molecule has 44 valence electrons. The predicted molar refractivity (Wildman–Crippen MR) is 38.5 cm³/mol. The van der Waals surface area contributed by atoms with E-state index in [4.69, 9.17) is 4.74 Å². The van der Waals surface area contributed by atoms with E-state index in [0.717, 1.165) is 6.61 Å². The first kappa shape index (κ1) is 7.65. The highest BCUT2D eigenvalue weighted by Crippen LogP contribution is 1.83. The molecule has 2 nitrogen and oxygen atoms in total. The number of hydrogen-bond donors (Lipinski definition) is 1. The second-order valence-corrected chi connectivity index (χ2v) is 2.09. The molecule has 0 aromatic rings. The highest BCUT2D eigenvalue weighted by molar-refractivity contribution is 14.1. The average molecular weight is 215 g/mol. The van der Waals surface area contributed by atoms with Crippen molar-refractivity contribution in [1.29, 1.82) is 0 Å². The first-order valence-electron chi connectivity index (χ1n) is 2.16. The van der Waals surface area contributed by atoms with Crippen molar-refractivity contribution in [3.8, 4) is 0 Å². The Morgan fingerprint density at radius 2 is 2.43 bits per heavy atom. The molecule has 1 N–H and O–H groups in total. The molecule has 0 saturated carbocycles. The molecule has 0 aromatic carbocycles. The number of nitrogens with one attached hydrogen (secondary N) is 1. The van der Waals surface area contributed by atoms with Crippen LogP contribution in [0, 0.1) is 0 Å². The summed E-state index contributed by atoms with van der Waals surface area (Å²) in [5.41, 5.74) is 0. The Morgan fingerprint density at radius 3 is 2.57 bits per heavy atom. The summed E-state index contributed by atoms with van der Waals surface area (Å²) in [4.78, 5) is 0. The Balaban J connectivity index is 2.83. The van der Waals surface area contributed by atoms with Crippen molar-refractivity contribution in [1.82, 2.24) is 3.53 Å². The van der Waals surface area contributed by atoms with Crippen molar-refractivity contribution in [3.63, 3.8) is 0 Å². The van der Waals surface area contributed by atoms with Gasteiger partial charge in [0.25, 0.3) is 0 Å². The topological polar surface area (TPSA) is 21.3 Å². The van der Waals surface area contributed by atoms with E-state index in [0.29, 0.717) is 6.04 Å². The second-order valence-electron chi connectivity index (χ2n) is 1.47. The van der Waals surface area contributed by atoms with Gasteiger partial charge in [-0.05, 0) is 6.92 Å². The van der Waals surface area contributed by atoms with Gasteiger partial charge >= 0.3 is 0 Å². The fourth-order valence-corrected chi connectivity index (χ4v) is 0.461. The van der Waals surface area contributed by atoms with Crippen LogP contribution in [0.3, 0.4) is 0 Å². The maximum absolute atomic E-state index is 4.83. The summed E-state index contributed by atoms with van der Waals surface area (Å²) >= 11 is 2.11.